The topological polar surface area (TPSA) is 68.5 Å². The first-order chi connectivity index (χ1) is 12.8. The molecule has 2 heterocycles. The smallest absolute Gasteiger partial charge is 0.368 e. The molecule has 1 aliphatic heterocycles. The number of rotatable bonds is 5. The van der Waals surface area contributed by atoms with Crippen LogP contribution in [-0.2, 0) is 22.3 Å². The number of carbonyl (C=O) groups excluding carboxylic acids is 1. The number of aromatic nitrogens is 2. The molecular weight excluding hydrogens is 363 g/mol. The summed E-state index contributed by atoms with van der Waals surface area (Å²) in [6.45, 7) is 4.84. The summed E-state index contributed by atoms with van der Waals surface area (Å²) < 4.78 is 47.4. The highest BCUT2D eigenvalue weighted by Crippen LogP contribution is 2.29. The lowest BCUT2D eigenvalue weighted by molar-refractivity contribution is -0.159. The normalized spacial score (nSPS) is 17.5. The summed E-state index contributed by atoms with van der Waals surface area (Å²) >= 11 is 0. The average molecular weight is 383 g/mol. The maximum Gasteiger partial charge on any atom is 0.471 e. The molecule has 0 aliphatic carbocycles. The van der Waals surface area contributed by atoms with Gasteiger partial charge in [0.2, 0.25) is 5.82 Å². The van der Waals surface area contributed by atoms with Crippen LogP contribution in [0, 0.1) is 0 Å². The van der Waals surface area contributed by atoms with Crippen LogP contribution in [0.15, 0.2) is 28.8 Å². The van der Waals surface area contributed by atoms with E-state index in [1.54, 1.807) is 29.2 Å². The molecule has 1 aliphatic rings. The number of ether oxygens (including phenoxy) is 1. The number of halogens is 3. The second kappa shape index (κ2) is 7.67. The fourth-order valence-corrected chi connectivity index (χ4v) is 2.88. The highest BCUT2D eigenvalue weighted by atomic mass is 19.4. The van der Waals surface area contributed by atoms with Crippen LogP contribution in [-0.4, -0.2) is 39.7 Å². The molecule has 3 rings (SSSR count). The van der Waals surface area contributed by atoms with Gasteiger partial charge in [-0.1, -0.05) is 29.4 Å². The standard InChI is InChI=1S/C18H20F3N3O3/c1-11(2)24(16(25)14-4-3-9-26-14)10-12-5-7-13(8-6-12)15-22-17(27-23-15)18(19,20)21/h5-8,11,14H,3-4,9-10H2,1-2H3. The summed E-state index contributed by atoms with van der Waals surface area (Å²) in [7, 11) is 0. The zero-order valence-corrected chi connectivity index (χ0v) is 15.0. The lowest BCUT2D eigenvalue weighted by atomic mass is 10.1. The van der Waals surface area contributed by atoms with E-state index in [2.05, 4.69) is 14.7 Å². The zero-order valence-electron chi connectivity index (χ0n) is 15.0. The summed E-state index contributed by atoms with van der Waals surface area (Å²) in [6.07, 6.45) is -3.47. The number of carbonyl (C=O) groups is 1. The fourth-order valence-electron chi connectivity index (χ4n) is 2.88. The van der Waals surface area contributed by atoms with E-state index in [1.807, 2.05) is 13.8 Å². The zero-order chi connectivity index (χ0) is 19.6. The first-order valence-electron chi connectivity index (χ1n) is 8.68. The van der Waals surface area contributed by atoms with Gasteiger partial charge in [-0.15, -0.1) is 0 Å². The van der Waals surface area contributed by atoms with Crippen LogP contribution >= 0.6 is 0 Å². The van der Waals surface area contributed by atoms with Crippen molar-refractivity contribution >= 4 is 5.91 Å². The molecule has 1 atom stereocenters. The Morgan fingerprint density at radius 1 is 1.30 bits per heavy atom. The highest BCUT2D eigenvalue weighted by molar-refractivity contribution is 5.81. The predicted molar refractivity (Wildman–Crippen MR) is 89.4 cm³/mol. The Labute approximate surface area is 154 Å². The molecule has 0 saturated carbocycles. The molecule has 1 aromatic carbocycles. The van der Waals surface area contributed by atoms with Crippen LogP contribution in [0.5, 0.6) is 0 Å². The number of hydrogen-bond acceptors (Lipinski definition) is 5. The van der Waals surface area contributed by atoms with Crippen molar-refractivity contribution in [2.75, 3.05) is 6.61 Å². The fraction of sp³-hybridized carbons (Fsp3) is 0.500. The Bertz CT molecular complexity index is 781. The van der Waals surface area contributed by atoms with Crippen molar-refractivity contribution in [2.24, 2.45) is 0 Å². The van der Waals surface area contributed by atoms with Crippen molar-refractivity contribution < 1.29 is 27.2 Å². The van der Waals surface area contributed by atoms with Crippen molar-refractivity contribution in [1.29, 1.82) is 0 Å². The second-order valence-corrected chi connectivity index (χ2v) is 6.68. The van der Waals surface area contributed by atoms with Crippen LogP contribution in [0.3, 0.4) is 0 Å². The van der Waals surface area contributed by atoms with Gasteiger partial charge in [0.25, 0.3) is 5.91 Å². The number of alkyl halides is 3. The van der Waals surface area contributed by atoms with Gasteiger partial charge in [0.15, 0.2) is 0 Å². The maximum absolute atomic E-state index is 12.6. The molecule has 1 aromatic heterocycles. The number of hydrogen-bond donors (Lipinski definition) is 0. The first kappa shape index (κ1) is 19.3. The monoisotopic (exact) mass is 383 g/mol. The lowest BCUT2D eigenvalue weighted by Gasteiger charge is -2.29. The molecule has 6 nitrogen and oxygen atoms in total. The molecule has 146 valence electrons. The van der Waals surface area contributed by atoms with E-state index < -0.39 is 18.2 Å². The largest absolute Gasteiger partial charge is 0.471 e. The molecule has 1 unspecified atom stereocenters. The molecule has 0 radical (unpaired) electrons. The Morgan fingerprint density at radius 3 is 2.52 bits per heavy atom. The third-order valence-electron chi connectivity index (χ3n) is 4.35. The minimum absolute atomic E-state index is 0.00655. The first-order valence-corrected chi connectivity index (χ1v) is 8.68. The van der Waals surface area contributed by atoms with Gasteiger partial charge >= 0.3 is 12.1 Å². The van der Waals surface area contributed by atoms with E-state index in [-0.39, 0.29) is 17.8 Å². The van der Waals surface area contributed by atoms with Crippen LogP contribution < -0.4 is 0 Å². The molecule has 0 bridgehead atoms. The summed E-state index contributed by atoms with van der Waals surface area (Å²) in [5.74, 6) is -1.56. The van der Waals surface area contributed by atoms with E-state index >= 15 is 0 Å². The molecule has 1 saturated heterocycles. The van der Waals surface area contributed by atoms with Crippen LogP contribution in [0.2, 0.25) is 0 Å². The van der Waals surface area contributed by atoms with Crippen molar-refractivity contribution in [2.45, 2.75) is 51.6 Å². The molecule has 1 fully saturated rings. The van der Waals surface area contributed by atoms with Crippen molar-refractivity contribution in [1.82, 2.24) is 15.0 Å². The van der Waals surface area contributed by atoms with E-state index in [9.17, 15) is 18.0 Å². The van der Waals surface area contributed by atoms with Gasteiger partial charge in [-0.25, -0.2) is 0 Å². The van der Waals surface area contributed by atoms with Gasteiger partial charge in [0.05, 0.1) is 0 Å². The van der Waals surface area contributed by atoms with Crippen LogP contribution in [0.1, 0.15) is 38.1 Å². The summed E-state index contributed by atoms with van der Waals surface area (Å²) in [5, 5.41) is 3.37. The van der Waals surface area contributed by atoms with Crippen LogP contribution in [0.25, 0.3) is 11.4 Å². The molecule has 0 spiro atoms. The van der Waals surface area contributed by atoms with Gasteiger partial charge in [-0.2, -0.15) is 18.2 Å². The third-order valence-corrected chi connectivity index (χ3v) is 4.35. The minimum atomic E-state index is -4.67. The van der Waals surface area contributed by atoms with E-state index in [4.69, 9.17) is 4.74 Å². The van der Waals surface area contributed by atoms with Gasteiger partial charge in [0.1, 0.15) is 6.10 Å². The molecule has 1 amide bonds. The van der Waals surface area contributed by atoms with Gasteiger partial charge in [-0.05, 0) is 32.3 Å². The quantitative estimate of drug-likeness (QED) is 0.788. The molecule has 0 N–H and O–H groups in total. The average Bonchev–Trinajstić information content (AvgIpc) is 3.30. The Kier molecular flexibility index (Phi) is 5.50. The molecule has 9 heteroatoms. The van der Waals surface area contributed by atoms with Crippen LogP contribution in [0.4, 0.5) is 13.2 Å². The summed E-state index contributed by atoms with van der Waals surface area (Å²) in [6, 6.07) is 6.67. The molecule has 2 aromatic rings. The van der Waals surface area contributed by atoms with Gasteiger partial charge in [0, 0.05) is 24.8 Å². The van der Waals surface area contributed by atoms with E-state index in [1.165, 1.54) is 0 Å². The Balaban J connectivity index is 1.72. The third kappa shape index (κ3) is 4.47. The van der Waals surface area contributed by atoms with Crippen molar-refractivity contribution in [3.8, 4) is 11.4 Å². The Hall–Kier alpha value is -2.42. The summed E-state index contributed by atoms with van der Waals surface area (Å²) in [5.41, 5.74) is 1.25. The van der Waals surface area contributed by atoms with Crippen molar-refractivity contribution in [3.05, 3.63) is 35.7 Å². The summed E-state index contributed by atoms with van der Waals surface area (Å²) in [4.78, 5) is 17.7. The SMILES string of the molecule is CC(C)N(Cc1ccc(-c2noc(C(F)(F)F)n2)cc1)C(=O)C1CCCO1. The van der Waals surface area contributed by atoms with Gasteiger partial charge in [-0.3, -0.25) is 4.79 Å². The van der Waals surface area contributed by atoms with Crippen molar-refractivity contribution in [3.63, 3.8) is 0 Å². The number of benzene rings is 1. The molecular formula is C18H20F3N3O3. The minimum Gasteiger partial charge on any atom is -0.368 e. The van der Waals surface area contributed by atoms with E-state index in [0.29, 0.717) is 18.7 Å². The maximum atomic E-state index is 12.6. The molecule has 27 heavy (non-hydrogen) atoms. The second-order valence-electron chi connectivity index (χ2n) is 6.68. The highest BCUT2D eigenvalue weighted by Gasteiger charge is 2.38. The number of amides is 1. The predicted octanol–water partition coefficient (Wildman–Crippen LogP) is 3.67. The van der Waals surface area contributed by atoms with E-state index in [0.717, 1.165) is 18.4 Å². The number of nitrogens with zero attached hydrogens (tertiary/aromatic N) is 3. The Morgan fingerprint density at radius 2 is 2.00 bits per heavy atom. The van der Waals surface area contributed by atoms with Gasteiger partial charge < -0.3 is 14.2 Å². The lowest BCUT2D eigenvalue weighted by Crippen LogP contribution is -2.42.